The number of halogens is 3. The van der Waals surface area contributed by atoms with Gasteiger partial charge in [0, 0.05) is 6.61 Å². The minimum absolute atomic E-state index is 0.366. The molecule has 118 valence electrons. The van der Waals surface area contributed by atoms with Gasteiger partial charge in [0.2, 0.25) is 10.0 Å². The Hall–Kier alpha value is -1.65. The van der Waals surface area contributed by atoms with Crippen molar-refractivity contribution in [3.63, 3.8) is 0 Å². The van der Waals surface area contributed by atoms with Crippen LogP contribution in [0, 0.1) is 0 Å². The summed E-state index contributed by atoms with van der Waals surface area (Å²) in [5, 5.41) is 17.4. The Morgan fingerprint density at radius 2 is 1.76 bits per heavy atom. The number of nitrogens with one attached hydrogen (secondary N) is 1. The molecule has 0 aliphatic heterocycles. The van der Waals surface area contributed by atoms with Gasteiger partial charge in [-0.25, -0.2) is 8.42 Å². The Balaban J connectivity index is 3.00. The Kier molecular flexibility index (Phi) is 5.31. The summed E-state index contributed by atoms with van der Waals surface area (Å²) in [5.74, 6) is -1.50. The lowest BCUT2D eigenvalue weighted by molar-refractivity contribution is -0.139. The zero-order chi connectivity index (χ0) is 16.3. The third kappa shape index (κ3) is 4.69. The molecule has 0 spiro atoms. The van der Waals surface area contributed by atoms with Gasteiger partial charge in [-0.05, 0) is 30.7 Å². The maximum Gasteiger partial charge on any atom is 0.416 e. The molecule has 1 rings (SSSR count). The van der Waals surface area contributed by atoms with Crippen LogP contribution < -0.4 is 4.72 Å². The fourth-order valence-electron chi connectivity index (χ4n) is 1.44. The zero-order valence-corrected chi connectivity index (χ0v) is 11.3. The first-order valence-electron chi connectivity index (χ1n) is 5.61. The lowest BCUT2D eigenvalue weighted by Gasteiger charge is -2.14. The minimum Gasteiger partial charge on any atom is -0.480 e. The van der Waals surface area contributed by atoms with Crippen LogP contribution >= 0.6 is 0 Å². The number of sulfonamides is 1. The molecule has 0 heterocycles. The fourth-order valence-corrected chi connectivity index (χ4v) is 2.66. The van der Waals surface area contributed by atoms with Crippen molar-refractivity contribution in [2.24, 2.45) is 0 Å². The Morgan fingerprint density at radius 3 is 2.14 bits per heavy atom. The molecule has 0 bridgehead atoms. The summed E-state index contributed by atoms with van der Waals surface area (Å²) >= 11 is 0. The highest BCUT2D eigenvalue weighted by Crippen LogP contribution is 2.29. The van der Waals surface area contributed by atoms with Gasteiger partial charge in [0.15, 0.2) is 0 Å². The van der Waals surface area contributed by atoms with E-state index in [2.05, 4.69) is 0 Å². The maximum atomic E-state index is 12.4. The quantitative estimate of drug-likeness (QED) is 0.718. The van der Waals surface area contributed by atoms with E-state index in [4.69, 9.17) is 10.2 Å². The summed E-state index contributed by atoms with van der Waals surface area (Å²) < 4.78 is 62.6. The molecule has 0 saturated heterocycles. The van der Waals surface area contributed by atoms with E-state index in [-0.39, 0.29) is 6.42 Å². The standard InChI is InChI=1S/C11H12F3NO5S/c12-11(13,14)7-1-3-8(4-2-7)21(19,20)15-9(5-6-16)10(17)18/h1-4,9,15-16H,5-6H2,(H,17,18)/t9-/m1/s1. The summed E-state index contributed by atoms with van der Waals surface area (Å²) in [6, 6.07) is 1.04. The van der Waals surface area contributed by atoms with E-state index in [1.165, 1.54) is 0 Å². The second kappa shape index (κ2) is 6.41. The molecular formula is C11H12F3NO5S. The van der Waals surface area contributed by atoms with Crippen LogP contribution in [0.4, 0.5) is 13.2 Å². The zero-order valence-electron chi connectivity index (χ0n) is 10.5. The normalized spacial score (nSPS) is 13.9. The number of carboxylic acids is 1. The highest BCUT2D eigenvalue weighted by atomic mass is 32.2. The first kappa shape index (κ1) is 17.4. The van der Waals surface area contributed by atoms with Crippen LogP contribution in [0.25, 0.3) is 0 Å². The van der Waals surface area contributed by atoms with Gasteiger partial charge in [0.25, 0.3) is 0 Å². The van der Waals surface area contributed by atoms with Gasteiger partial charge in [-0.2, -0.15) is 17.9 Å². The second-order valence-corrected chi connectivity index (χ2v) is 5.76. The number of carboxylic acid groups (broad SMARTS) is 1. The summed E-state index contributed by atoms with van der Waals surface area (Å²) in [6.07, 6.45) is -4.97. The van der Waals surface area contributed by atoms with Gasteiger partial charge < -0.3 is 10.2 Å². The number of aliphatic hydroxyl groups is 1. The molecule has 3 N–H and O–H groups in total. The van der Waals surface area contributed by atoms with Crippen molar-refractivity contribution in [3.8, 4) is 0 Å². The molecule has 0 aliphatic rings. The van der Waals surface area contributed by atoms with Gasteiger partial charge in [0.05, 0.1) is 10.5 Å². The Bertz CT molecular complexity index is 597. The molecule has 0 amide bonds. The predicted octanol–water partition coefficient (Wildman–Crippen LogP) is 0.819. The molecule has 0 aliphatic carbocycles. The van der Waals surface area contributed by atoms with Crippen LogP contribution in [0.5, 0.6) is 0 Å². The van der Waals surface area contributed by atoms with E-state index in [1.807, 2.05) is 0 Å². The van der Waals surface area contributed by atoms with Gasteiger partial charge >= 0.3 is 12.1 Å². The number of hydrogen-bond donors (Lipinski definition) is 3. The highest BCUT2D eigenvalue weighted by molar-refractivity contribution is 7.89. The maximum absolute atomic E-state index is 12.4. The van der Waals surface area contributed by atoms with E-state index in [0.29, 0.717) is 12.1 Å². The molecule has 21 heavy (non-hydrogen) atoms. The van der Waals surface area contributed by atoms with Crippen molar-refractivity contribution >= 4 is 16.0 Å². The molecule has 10 heteroatoms. The summed E-state index contributed by atoms with van der Waals surface area (Å²) in [6.45, 7) is -0.563. The third-order valence-electron chi connectivity index (χ3n) is 2.51. The number of rotatable bonds is 6. The van der Waals surface area contributed by atoms with Crippen LogP contribution in [-0.4, -0.2) is 37.2 Å². The summed E-state index contributed by atoms with van der Waals surface area (Å²) in [7, 11) is -4.30. The molecule has 0 saturated carbocycles. The smallest absolute Gasteiger partial charge is 0.416 e. The largest absolute Gasteiger partial charge is 0.480 e. The van der Waals surface area contributed by atoms with Gasteiger partial charge in [-0.15, -0.1) is 0 Å². The molecule has 1 atom stereocenters. The van der Waals surface area contributed by atoms with Gasteiger partial charge in [0.1, 0.15) is 6.04 Å². The minimum atomic E-state index is -4.60. The monoisotopic (exact) mass is 327 g/mol. The number of benzene rings is 1. The average molecular weight is 327 g/mol. The van der Waals surface area contributed by atoms with E-state index >= 15 is 0 Å². The average Bonchev–Trinajstić information content (AvgIpc) is 2.37. The van der Waals surface area contributed by atoms with Crippen molar-refractivity contribution in [3.05, 3.63) is 29.8 Å². The number of hydrogen-bond acceptors (Lipinski definition) is 4. The molecule has 6 nitrogen and oxygen atoms in total. The Morgan fingerprint density at radius 1 is 1.24 bits per heavy atom. The van der Waals surface area contributed by atoms with Crippen LogP contribution in [0.15, 0.2) is 29.2 Å². The predicted molar refractivity (Wildman–Crippen MR) is 64.9 cm³/mol. The van der Waals surface area contributed by atoms with Crippen LogP contribution in [-0.2, 0) is 21.0 Å². The number of aliphatic hydroxyl groups excluding tert-OH is 1. The van der Waals surface area contributed by atoms with E-state index in [9.17, 15) is 26.4 Å². The summed E-state index contributed by atoms with van der Waals surface area (Å²) in [4.78, 5) is 10.3. The molecule has 0 radical (unpaired) electrons. The van der Waals surface area contributed by atoms with Crippen LogP contribution in [0.1, 0.15) is 12.0 Å². The molecule has 1 aromatic carbocycles. The number of aliphatic carboxylic acids is 1. The van der Waals surface area contributed by atoms with Gasteiger partial charge in [-0.1, -0.05) is 0 Å². The third-order valence-corrected chi connectivity index (χ3v) is 3.99. The summed E-state index contributed by atoms with van der Waals surface area (Å²) in [5.41, 5.74) is -1.02. The molecule has 0 fully saturated rings. The molecule has 1 aromatic rings. The first-order valence-corrected chi connectivity index (χ1v) is 7.09. The van der Waals surface area contributed by atoms with E-state index in [0.717, 1.165) is 12.1 Å². The van der Waals surface area contributed by atoms with Crippen LogP contribution in [0.3, 0.4) is 0 Å². The SMILES string of the molecule is O=C(O)[C@@H](CCO)NS(=O)(=O)c1ccc(C(F)(F)F)cc1. The van der Waals surface area contributed by atoms with Crippen molar-refractivity contribution in [1.82, 2.24) is 4.72 Å². The van der Waals surface area contributed by atoms with Crippen molar-refractivity contribution < 1.29 is 36.6 Å². The van der Waals surface area contributed by atoms with Gasteiger partial charge in [-0.3, -0.25) is 4.79 Å². The van der Waals surface area contributed by atoms with E-state index in [1.54, 1.807) is 4.72 Å². The fraction of sp³-hybridized carbons (Fsp3) is 0.364. The molecular weight excluding hydrogens is 315 g/mol. The lowest BCUT2D eigenvalue weighted by Crippen LogP contribution is -2.41. The van der Waals surface area contributed by atoms with Crippen LogP contribution in [0.2, 0.25) is 0 Å². The van der Waals surface area contributed by atoms with Crippen molar-refractivity contribution in [2.75, 3.05) is 6.61 Å². The number of carbonyl (C=O) groups is 1. The lowest BCUT2D eigenvalue weighted by atomic mass is 10.2. The first-order chi connectivity index (χ1) is 9.58. The molecule has 0 aromatic heterocycles. The van der Waals surface area contributed by atoms with Crippen molar-refractivity contribution in [1.29, 1.82) is 0 Å². The topological polar surface area (TPSA) is 104 Å². The van der Waals surface area contributed by atoms with E-state index < -0.39 is 45.3 Å². The van der Waals surface area contributed by atoms with Crippen molar-refractivity contribution in [2.45, 2.75) is 23.5 Å². The molecule has 0 unspecified atom stereocenters. The second-order valence-electron chi connectivity index (χ2n) is 4.05. The highest BCUT2D eigenvalue weighted by Gasteiger charge is 2.31. The Labute approximate surface area is 118 Å². The number of alkyl halides is 3.